The van der Waals surface area contributed by atoms with E-state index in [1.54, 1.807) is 12.4 Å². The second kappa shape index (κ2) is 32.8. The molecule has 1 aromatic rings. The van der Waals surface area contributed by atoms with E-state index >= 15 is 0 Å². The zero-order valence-corrected chi connectivity index (χ0v) is 30.2. The minimum absolute atomic E-state index is 0.0830. The maximum absolute atomic E-state index is 12.6. The van der Waals surface area contributed by atoms with E-state index in [1.165, 1.54) is 141 Å². The Balaban J connectivity index is 2.15. The summed E-state index contributed by atoms with van der Waals surface area (Å²) in [7, 11) is 0. The number of aromatic nitrogens is 1. The summed E-state index contributed by atoms with van der Waals surface area (Å²) in [4.78, 5) is 29.1. The van der Waals surface area contributed by atoms with Crippen LogP contribution in [0.3, 0.4) is 0 Å². The van der Waals surface area contributed by atoms with Crippen LogP contribution in [0.1, 0.15) is 194 Å². The van der Waals surface area contributed by atoms with Gasteiger partial charge in [-0.05, 0) is 25.0 Å². The Kier molecular flexibility index (Phi) is 29.9. The first kappa shape index (κ1) is 41.9. The Labute approximate surface area is 284 Å². The summed E-state index contributed by atoms with van der Waals surface area (Å²) < 4.78 is 11.3. The van der Waals surface area contributed by atoms with Gasteiger partial charge in [0, 0.05) is 30.9 Å². The van der Waals surface area contributed by atoms with Crippen LogP contribution < -0.4 is 5.32 Å². The number of carbonyl (C=O) groups is 2. The Morgan fingerprint density at radius 1 is 0.565 bits per heavy atom. The summed E-state index contributed by atoms with van der Waals surface area (Å²) in [6, 6.07) is 3.74. The molecule has 1 heterocycles. The zero-order chi connectivity index (χ0) is 33.2. The predicted octanol–water partition coefficient (Wildman–Crippen LogP) is 11.9. The molecule has 0 radical (unpaired) electrons. The van der Waals surface area contributed by atoms with Gasteiger partial charge in [-0.3, -0.25) is 14.6 Å². The van der Waals surface area contributed by atoms with E-state index in [9.17, 15) is 9.59 Å². The van der Waals surface area contributed by atoms with E-state index in [0.717, 1.165) is 31.4 Å². The number of rotatable bonds is 34. The third-order valence-electron chi connectivity index (χ3n) is 8.91. The molecule has 0 aromatic carbocycles. The Bertz CT molecular complexity index is 804. The highest BCUT2D eigenvalue weighted by atomic mass is 16.6. The van der Waals surface area contributed by atoms with Gasteiger partial charge in [-0.15, -0.1) is 0 Å². The molecule has 1 aromatic heterocycles. The second-order valence-corrected chi connectivity index (χ2v) is 13.4. The van der Waals surface area contributed by atoms with Gasteiger partial charge in [0.2, 0.25) is 0 Å². The lowest BCUT2D eigenvalue weighted by Gasteiger charge is -2.19. The van der Waals surface area contributed by atoms with Crippen molar-refractivity contribution in [1.82, 2.24) is 4.98 Å². The van der Waals surface area contributed by atoms with Gasteiger partial charge in [0.1, 0.15) is 6.61 Å². The number of pyridine rings is 1. The van der Waals surface area contributed by atoms with E-state index in [-0.39, 0.29) is 18.5 Å². The topological polar surface area (TPSA) is 77.5 Å². The van der Waals surface area contributed by atoms with Gasteiger partial charge < -0.3 is 14.8 Å². The molecule has 0 amide bonds. The second-order valence-electron chi connectivity index (χ2n) is 13.4. The van der Waals surface area contributed by atoms with Crippen molar-refractivity contribution in [3.05, 3.63) is 24.5 Å². The smallest absolute Gasteiger partial charge is 0.306 e. The maximum Gasteiger partial charge on any atom is 0.306 e. The van der Waals surface area contributed by atoms with Crippen LogP contribution in [0.4, 0.5) is 5.69 Å². The fourth-order valence-electron chi connectivity index (χ4n) is 5.91. The van der Waals surface area contributed by atoms with Crippen LogP contribution in [-0.2, 0) is 19.1 Å². The third kappa shape index (κ3) is 28.1. The van der Waals surface area contributed by atoms with Crippen LogP contribution in [0.2, 0.25) is 0 Å². The minimum atomic E-state index is -0.516. The van der Waals surface area contributed by atoms with Crippen molar-refractivity contribution in [2.24, 2.45) is 0 Å². The molecule has 0 spiro atoms. The lowest BCUT2D eigenvalue weighted by Crippen LogP contribution is -2.31. The largest absolute Gasteiger partial charge is 0.462 e. The van der Waals surface area contributed by atoms with Crippen molar-refractivity contribution in [3.8, 4) is 0 Å². The van der Waals surface area contributed by atoms with Gasteiger partial charge in [-0.2, -0.15) is 0 Å². The highest BCUT2D eigenvalue weighted by Gasteiger charge is 2.17. The van der Waals surface area contributed by atoms with Gasteiger partial charge in [-0.1, -0.05) is 168 Å². The molecule has 0 aliphatic rings. The fourth-order valence-corrected chi connectivity index (χ4v) is 5.91. The van der Waals surface area contributed by atoms with Crippen LogP contribution >= 0.6 is 0 Å². The van der Waals surface area contributed by atoms with Crippen molar-refractivity contribution >= 4 is 17.6 Å². The number of esters is 2. The molecule has 6 heteroatoms. The van der Waals surface area contributed by atoms with Gasteiger partial charge in [0.15, 0.2) is 6.10 Å². The van der Waals surface area contributed by atoms with E-state index in [4.69, 9.17) is 9.47 Å². The van der Waals surface area contributed by atoms with Crippen LogP contribution in [0, 0.1) is 0 Å². The molecular weight excluding hydrogens is 572 g/mol. The van der Waals surface area contributed by atoms with Gasteiger partial charge in [-0.25, -0.2) is 0 Å². The SMILES string of the molecule is CCCCCCCCCCCCCCCC(=O)OCC(CNc1ccncc1)OC(=O)CCCCCCCCCCCCCCC. The molecule has 0 saturated heterocycles. The molecule has 266 valence electrons. The van der Waals surface area contributed by atoms with E-state index < -0.39 is 6.10 Å². The number of nitrogens with zero attached hydrogens (tertiary/aromatic N) is 1. The Morgan fingerprint density at radius 2 is 0.935 bits per heavy atom. The average Bonchev–Trinajstić information content (AvgIpc) is 3.07. The van der Waals surface area contributed by atoms with E-state index in [2.05, 4.69) is 24.1 Å². The van der Waals surface area contributed by atoms with Crippen molar-refractivity contribution < 1.29 is 19.1 Å². The average molecular weight is 645 g/mol. The molecule has 46 heavy (non-hydrogen) atoms. The van der Waals surface area contributed by atoms with Crippen LogP contribution in [0.15, 0.2) is 24.5 Å². The molecule has 0 aliphatic heterocycles. The normalized spacial score (nSPS) is 11.8. The number of hydrogen-bond acceptors (Lipinski definition) is 6. The summed E-state index contributed by atoms with van der Waals surface area (Å²) in [5.41, 5.74) is 0.894. The molecule has 1 unspecified atom stereocenters. The fraction of sp³-hybridized carbons (Fsp3) is 0.825. The monoisotopic (exact) mass is 645 g/mol. The highest BCUT2D eigenvalue weighted by Crippen LogP contribution is 2.15. The minimum Gasteiger partial charge on any atom is -0.462 e. The first-order valence-corrected chi connectivity index (χ1v) is 19.6. The van der Waals surface area contributed by atoms with Crippen molar-refractivity contribution in [2.45, 2.75) is 200 Å². The summed E-state index contributed by atoms with van der Waals surface area (Å²) in [5.74, 6) is -0.415. The van der Waals surface area contributed by atoms with Gasteiger partial charge >= 0.3 is 11.9 Å². The molecule has 0 aliphatic carbocycles. The standard InChI is InChI=1S/C40H72N2O4/c1-3-5-7-9-11-13-15-17-19-21-23-25-27-29-39(43)45-36-38(35-42-37-31-33-41-34-32-37)46-40(44)30-28-26-24-22-20-18-16-14-12-10-8-6-4-2/h31-34,38H,3-30,35-36H2,1-2H3,(H,41,42). The first-order valence-electron chi connectivity index (χ1n) is 19.6. The summed E-state index contributed by atoms with van der Waals surface area (Å²) >= 11 is 0. The summed E-state index contributed by atoms with van der Waals surface area (Å²) in [6.45, 7) is 5.01. The first-order chi connectivity index (χ1) is 22.7. The third-order valence-corrected chi connectivity index (χ3v) is 8.91. The van der Waals surface area contributed by atoms with Crippen LogP contribution in [0.25, 0.3) is 0 Å². The molecule has 0 saturated carbocycles. The van der Waals surface area contributed by atoms with Crippen molar-refractivity contribution in [1.29, 1.82) is 0 Å². The lowest BCUT2D eigenvalue weighted by atomic mass is 10.0. The van der Waals surface area contributed by atoms with Crippen molar-refractivity contribution in [3.63, 3.8) is 0 Å². The summed E-state index contributed by atoms with van der Waals surface area (Å²) in [6.07, 6.45) is 36.9. The summed E-state index contributed by atoms with van der Waals surface area (Å²) in [5, 5.41) is 3.28. The molecular formula is C40H72N2O4. The number of carbonyl (C=O) groups excluding carboxylic acids is 2. The molecule has 0 fully saturated rings. The van der Waals surface area contributed by atoms with Gasteiger partial charge in [0.25, 0.3) is 0 Å². The predicted molar refractivity (Wildman–Crippen MR) is 194 cm³/mol. The highest BCUT2D eigenvalue weighted by molar-refractivity contribution is 5.70. The molecule has 1 N–H and O–H groups in total. The Hall–Kier alpha value is -2.11. The van der Waals surface area contributed by atoms with Gasteiger partial charge in [0.05, 0.1) is 6.54 Å². The number of nitrogens with one attached hydrogen (secondary N) is 1. The maximum atomic E-state index is 12.6. The molecule has 6 nitrogen and oxygen atoms in total. The van der Waals surface area contributed by atoms with Crippen LogP contribution in [-0.4, -0.2) is 36.2 Å². The zero-order valence-electron chi connectivity index (χ0n) is 30.2. The quantitative estimate of drug-likeness (QED) is 0.0594. The van der Waals surface area contributed by atoms with E-state index in [0.29, 0.717) is 19.4 Å². The number of unbranched alkanes of at least 4 members (excludes halogenated alkanes) is 24. The number of anilines is 1. The molecule has 1 rings (SSSR count). The molecule has 0 bridgehead atoms. The molecule has 1 atom stereocenters. The van der Waals surface area contributed by atoms with E-state index in [1.807, 2.05) is 12.1 Å². The Morgan fingerprint density at radius 3 is 1.35 bits per heavy atom. The van der Waals surface area contributed by atoms with Crippen LogP contribution in [0.5, 0.6) is 0 Å². The number of hydrogen-bond donors (Lipinski definition) is 1. The lowest BCUT2D eigenvalue weighted by molar-refractivity contribution is -0.158. The van der Waals surface area contributed by atoms with Crippen molar-refractivity contribution in [2.75, 3.05) is 18.5 Å². The number of ether oxygens (including phenoxy) is 2.